The van der Waals surface area contributed by atoms with Crippen molar-refractivity contribution in [2.24, 2.45) is 0 Å². The number of carbonyl (C=O) groups excluding carboxylic acids is 1. The summed E-state index contributed by atoms with van der Waals surface area (Å²) < 4.78 is 29.4. The van der Waals surface area contributed by atoms with Crippen LogP contribution in [-0.4, -0.2) is 38.0 Å². The lowest BCUT2D eigenvalue weighted by Crippen LogP contribution is -2.30. The maximum Gasteiger partial charge on any atom is 0.244 e. The van der Waals surface area contributed by atoms with E-state index in [0.29, 0.717) is 11.5 Å². The molecule has 1 aromatic rings. The fraction of sp³-hybridized carbons (Fsp3) is 0.533. The summed E-state index contributed by atoms with van der Waals surface area (Å²) in [6.07, 6.45) is 8.61. The topological polar surface area (TPSA) is 79.6 Å². The van der Waals surface area contributed by atoms with E-state index >= 15 is 0 Å². The summed E-state index contributed by atoms with van der Waals surface area (Å²) in [6, 6.07) is 3.70. The average Bonchev–Trinajstić information content (AvgIpc) is 3.07. The number of carbonyl (C=O) groups is 1. The zero-order valence-electron chi connectivity index (χ0n) is 12.9. The third kappa shape index (κ3) is 4.99. The largest absolute Gasteiger partial charge is 0.460 e. The van der Waals surface area contributed by atoms with Crippen molar-refractivity contribution >= 4 is 22.0 Å². The van der Waals surface area contributed by atoms with E-state index in [1.54, 1.807) is 18.2 Å². The highest BCUT2D eigenvalue weighted by molar-refractivity contribution is 7.88. The Hall–Kier alpha value is -1.60. The second-order valence-corrected chi connectivity index (χ2v) is 7.74. The summed E-state index contributed by atoms with van der Waals surface area (Å²) in [7, 11) is -1.75. The summed E-state index contributed by atoms with van der Waals surface area (Å²) in [5.74, 6) is 0.931. The first-order valence-electron chi connectivity index (χ1n) is 7.33. The first kappa shape index (κ1) is 16.8. The van der Waals surface area contributed by atoms with Crippen LogP contribution in [0, 0.1) is 0 Å². The number of hydrogen-bond donors (Lipinski definition) is 1. The van der Waals surface area contributed by atoms with Crippen LogP contribution in [0.25, 0.3) is 6.08 Å². The number of rotatable bonds is 6. The highest BCUT2D eigenvalue weighted by atomic mass is 32.2. The molecular formula is C15H22N2O4S. The van der Waals surface area contributed by atoms with Crippen LogP contribution < -0.4 is 5.32 Å². The van der Waals surface area contributed by atoms with Gasteiger partial charge in [0.05, 0.1) is 12.8 Å². The number of hydrogen-bond acceptors (Lipinski definition) is 4. The molecule has 22 heavy (non-hydrogen) atoms. The Labute approximate surface area is 131 Å². The van der Waals surface area contributed by atoms with Crippen molar-refractivity contribution in [3.63, 3.8) is 0 Å². The van der Waals surface area contributed by atoms with Gasteiger partial charge in [-0.1, -0.05) is 12.8 Å². The molecule has 1 aliphatic carbocycles. The van der Waals surface area contributed by atoms with Gasteiger partial charge in [0.25, 0.3) is 0 Å². The molecule has 0 saturated heterocycles. The highest BCUT2D eigenvalue weighted by Gasteiger charge is 2.16. The molecule has 1 N–H and O–H groups in total. The lowest BCUT2D eigenvalue weighted by molar-refractivity contribution is -0.117. The number of furan rings is 1. The Morgan fingerprint density at radius 3 is 2.73 bits per heavy atom. The van der Waals surface area contributed by atoms with Crippen molar-refractivity contribution in [2.75, 3.05) is 13.3 Å². The van der Waals surface area contributed by atoms with E-state index in [9.17, 15) is 13.2 Å². The Kier molecular flexibility index (Phi) is 5.42. The van der Waals surface area contributed by atoms with Gasteiger partial charge < -0.3 is 9.73 Å². The Morgan fingerprint density at radius 2 is 2.09 bits per heavy atom. The van der Waals surface area contributed by atoms with Crippen LogP contribution in [0.1, 0.15) is 37.2 Å². The summed E-state index contributed by atoms with van der Waals surface area (Å²) in [4.78, 5) is 11.8. The van der Waals surface area contributed by atoms with Crippen LogP contribution in [0.4, 0.5) is 0 Å². The van der Waals surface area contributed by atoms with Gasteiger partial charge in [-0.3, -0.25) is 4.79 Å². The van der Waals surface area contributed by atoms with Gasteiger partial charge in [0.2, 0.25) is 15.9 Å². The molecule has 122 valence electrons. The molecule has 0 spiro atoms. The molecule has 1 amide bonds. The predicted octanol–water partition coefficient (Wildman–Crippen LogP) is 1.74. The minimum atomic E-state index is -3.24. The van der Waals surface area contributed by atoms with Crippen LogP contribution in [0.15, 0.2) is 22.6 Å². The van der Waals surface area contributed by atoms with E-state index in [2.05, 4.69) is 5.32 Å². The quantitative estimate of drug-likeness (QED) is 0.808. The molecule has 2 rings (SSSR count). The maximum atomic E-state index is 11.8. The van der Waals surface area contributed by atoms with Gasteiger partial charge in [-0.05, 0) is 31.1 Å². The fourth-order valence-corrected chi connectivity index (χ4v) is 2.74. The van der Waals surface area contributed by atoms with Gasteiger partial charge in [0, 0.05) is 19.2 Å². The molecule has 7 heteroatoms. The molecule has 1 heterocycles. The summed E-state index contributed by atoms with van der Waals surface area (Å²) in [5, 5.41) is 2.95. The monoisotopic (exact) mass is 326 g/mol. The van der Waals surface area contributed by atoms with E-state index < -0.39 is 10.0 Å². The zero-order chi connectivity index (χ0) is 16.2. The van der Waals surface area contributed by atoms with Crippen molar-refractivity contribution in [1.82, 2.24) is 9.62 Å². The van der Waals surface area contributed by atoms with E-state index in [4.69, 9.17) is 4.42 Å². The predicted molar refractivity (Wildman–Crippen MR) is 84.5 cm³/mol. The van der Waals surface area contributed by atoms with Gasteiger partial charge in [-0.2, -0.15) is 4.31 Å². The lowest BCUT2D eigenvalue weighted by Gasteiger charge is -2.11. The van der Waals surface area contributed by atoms with Gasteiger partial charge in [-0.25, -0.2) is 8.42 Å². The Morgan fingerprint density at radius 1 is 1.41 bits per heavy atom. The van der Waals surface area contributed by atoms with E-state index in [1.165, 1.54) is 30.3 Å². The minimum absolute atomic E-state index is 0.127. The molecule has 0 aromatic carbocycles. The van der Waals surface area contributed by atoms with Crippen molar-refractivity contribution in [3.05, 3.63) is 29.7 Å². The molecule has 0 unspecified atom stereocenters. The minimum Gasteiger partial charge on any atom is -0.460 e. The molecule has 0 bridgehead atoms. The number of amides is 1. The summed E-state index contributed by atoms with van der Waals surface area (Å²) in [5.41, 5.74) is 0. The molecule has 6 nitrogen and oxygen atoms in total. The first-order chi connectivity index (χ1) is 10.3. The van der Waals surface area contributed by atoms with Crippen LogP contribution in [0.2, 0.25) is 0 Å². The number of nitrogens with zero attached hydrogens (tertiary/aromatic N) is 1. The maximum absolute atomic E-state index is 11.8. The molecule has 1 fully saturated rings. The van der Waals surface area contributed by atoms with Crippen molar-refractivity contribution in [1.29, 1.82) is 0 Å². The molecule has 0 atom stereocenters. The standard InChI is InChI=1S/C15H22N2O4S/c1-17(22(2,19)20)11-14-8-7-13(21-14)9-10-15(18)16-12-5-3-4-6-12/h7-10,12H,3-6,11H2,1-2H3,(H,16,18)/b10-9+. The zero-order valence-corrected chi connectivity index (χ0v) is 13.7. The lowest BCUT2D eigenvalue weighted by atomic mass is 10.2. The van der Waals surface area contributed by atoms with Crippen LogP contribution >= 0.6 is 0 Å². The molecular weight excluding hydrogens is 304 g/mol. The van der Waals surface area contributed by atoms with Gasteiger partial charge >= 0.3 is 0 Å². The van der Waals surface area contributed by atoms with E-state index in [-0.39, 0.29) is 18.5 Å². The van der Waals surface area contributed by atoms with Gasteiger partial charge in [0.1, 0.15) is 11.5 Å². The molecule has 0 aliphatic heterocycles. The van der Waals surface area contributed by atoms with Crippen molar-refractivity contribution in [2.45, 2.75) is 38.3 Å². The molecule has 1 saturated carbocycles. The van der Waals surface area contributed by atoms with Gasteiger partial charge in [0.15, 0.2) is 0 Å². The Bertz CT molecular complexity index is 642. The molecule has 1 aromatic heterocycles. The second-order valence-electron chi connectivity index (χ2n) is 5.65. The first-order valence-corrected chi connectivity index (χ1v) is 9.18. The normalized spacial score (nSPS) is 16.7. The smallest absolute Gasteiger partial charge is 0.244 e. The van der Waals surface area contributed by atoms with Crippen molar-refractivity contribution in [3.8, 4) is 0 Å². The summed E-state index contributed by atoms with van der Waals surface area (Å²) in [6.45, 7) is 0.168. The second kappa shape index (κ2) is 7.11. The number of nitrogens with one attached hydrogen (secondary N) is 1. The molecule has 1 aliphatic rings. The fourth-order valence-electron chi connectivity index (χ4n) is 2.38. The van der Waals surface area contributed by atoms with Gasteiger partial charge in [-0.15, -0.1) is 0 Å². The van der Waals surface area contributed by atoms with E-state index in [0.717, 1.165) is 19.1 Å². The third-order valence-corrected chi connectivity index (χ3v) is 4.99. The summed E-state index contributed by atoms with van der Waals surface area (Å²) >= 11 is 0. The molecule has 0 radical (unpaired) electrons. The van der Waals surface area contributed by atoms with Crippen molar-refractivity contribution < 1.29 is 17.6 Å². The Balaban J connectivity index is 1.88. The van der Waals surface area contributed by atoms with Crippen LogP contribution in [0.5, 0.6) is 0 Å². The van der Waals surface area contributed by atoms with Crippen LogP contribution in [-0.2, 0) is 21.4 Å². The van der Waals surface area contributed by atoms with Crippen LogP contribution in [0.3, 0.4) is 0 Å². The highest BCUT2D eigenvalue weighted by Crippen LogP contribution is 2.17. The average molecular weight is 326 g/mol. The number of sulfonamides is 1. The third-order valence-electron chi connectivity index (χ3n) is 3.73. The SMILES string of the molecule is CN(Cc1ccc(/C=C/C(=O)NC2CCCC2)o1)S(C)(=O)=O. The van der Waals surface area contributed by atoms with E-state index in [1.807, 2.05) is 0 Å².